The topological polar surface area (TPSA) is 56.1 Å². The van der Waals surface area contributed by atoms with Gasteiger partial charge in [0.25, 0.3) is 0 Å². The van der Waals surface area contributed by atoms with E-state index in [1.54, 1.807) is 16.8 Å². The first-order chi connectivity index (χ1) is 12.1. The lowest BCUT2D eigenvalue weighted by Gasteiger charge is -2.16. The van der Waals surface area contributed by atoms with E-state index in [4.69, 9.17) is 0 Å². The lowest BCUT2D eigenvalue weighted by Crippen LogP contribution is -2.20. The number of halogens is 2. The molecule has 0 bridgehead atoms. The minimum atomic E-state index is -2.81. The fraction of sp³-hybridized carbons (Fsp3) is 0.235. The van der Waals surface area contributed by atoms with Crippen LogP contribution in [0.5, 0.6) is 5.75 Å². The van der Waals surface area contributed by atoms with Crippen LogP contribution in [0.2, 0.25) is 0 Å². The van der Waals surface area contributed by atoms with Crippen molar-refractivity contribution in [2.45, 2.75) is 19.7 Å². The maximum absolute atomic E-state index is 12.2. The molecule has 8 heteroatoms. The Morgan fingerprint density at radius 1 is 1.04 bits per heavy atom. The van der Waals surface area contributed by atoms with E-state index in [0.29, 0.717) is 18.9 Å². The third-order valence-electron chi connectivity index (χ3n) is 3.55. The van der Waals surface area contributed by atoms with Gasteiger partial charge in [0.15, 0.2) is 5.82 Å². The number of para-hydroxylation sites is 1. The Kier molecular flexibility index (Phi) is 5.30. The molecule has 0 aliphatic heterocycles. The summed E-state index contributed by atoms with van der Waals surface area (Å²) >= 11 is 0. The maximum Gasteiger partial charge on any atom is 0.387 e. The van der Waals surface area contributed by atoms with Gasteiger partial charge in [-0.1, -0.05) is 30.3 Å². The van der Waals surface area contributed by atoms with Gasteiger partial charge in [-0.25, -0.2) is 0 Å². The van der Waals surface area contributed by atoms with Gasteiger partial charge in [0.2, 0.25) is 0 Å². The number of nitrogens with zero attached hydrogens (tertiary/aromatic N) is 5. The first-order valence-electron chi connectivity index (χ1n) is 7.67. The summed E-state index contributed by atoms with van der Waals surface area (Å²) in [6.07, 6.45) is 0. The standard InChI is InChI=1S/C17H17F2N5O/c1-23(11-13-7-9-15(10-8-13)25-17(18)19)12-16-20-21-22-24(16)14-5-3-2-4-6-14/h2-10,17H,11-12H2,1H3. The summed E-state index contributed by atoms with van der Waals surface area (Å²) in [6.45, 7) is -1.65. The largest absolute Gasteiger partial charge is 0.435 e. The highest BCUT2D eigenvalue weighted by atomic mass is 19.3. The molecule has 6 nitrogen and oxygen atoms in total. The zero-order valence-corrected chi connectivity index (χ0v) is 13.6. The van der Waals surface area contributed by atoms with Crippen LogP contribution in [0.15, 0.2) is 54.6 Å². The molecule has 0 saturated carbocycles. The van der Waals surface area contributed by atoms with E-state index >= 15 is 0 Å². The van der Waals surface area contributed by atoms with Crippen LogP contribution in [0.1, 0.15) is 11.4 Å². The fourth-order valence-corrected chi connectivity index (χ4v) is 2.46. The predicted molar refractivity (Wildman–Crippen MR) is 87.4 cm³/mol. The van der Waals surface area contributed by atoms with Gasteiger partial charge in [-0.2, -0.15) is 13.5 Å². The minimum absolute atomic E-state index is 0.148. The number of hydrogen-bond acceptors (Lipinski definition) is 5. The van der Waals surface area contributed by atoms with E-state index in [0.717, 1.165) is 11.3 Å². The third-order valence-corrected chi connectivity index (χ3v) is 3.55. The summed E-state index contributed by atoms with van der Waals surface area (Å²) in [5, 5.41) is 11.9. The van der Waals surface area contributed by atoms with Gasteiger partial charge in [0.1, 0.15) is 5.75 Å². The highest BCUT2D eigenvalue weighted by Gasteiger charge is 2.11. The molecule has 0 aliphatic carbocycles. The third kappa shape index (κ3) is 4.57. The Bertz CT molecular complexity index is 792. The Hall–Kier alpha value is -2.87. The van der Waals surface area contributed by atoms with Crippen LogP contribution < -0.4 is 4.74 Å². The molecule has 0 fully saturated rings. The summed E-state index contributed by atoms with van der Waals surface area (Å²) in [4.78, 5) is 2.04. The molecule has 3 aromatic rings. The normalized spacial score (nSPS) is 11.2. The molecule has 0 unspecified atom stereocenters. The summed E-state index contributed by atoms with van der Waals surface area (Å²) in [5.41, 5.74) is 1.87. The Morgan fingerprint density at radius 3 is 2.44 bits per heavy atom. The molecule has 2 aromatic carbocycles. The zero-order valence-electron chi connectivity index (χ0n) is 13.6. The second-order valence-electron chi connectivity index (χ2n) is 5.54. The predicted octanol–water partition coefficient (Wildman–Crippen LogP) is 2.90. The monoisotopic (exact) mass is 345 g/mol. The zero-order chi connectivity index (χ0) is 17.6. The molecule has 3 rings (SSSR count). The lowest BCUT2D eigenvalue weighted by molar-refractivity contribution is -0.0498. The van der Waals surface area contributed by atoms with Crippen molar-refractivity contribution in [2.24, 2.45) is 0 Å². The summed E-state index contributed by atoms with van der Waals surface area (Å²) in [6, 6.07) is 16.2. The second kappa shape index (κ2) is 7.80. The van der Waals surface area contributed by atoms with E-state index in [9.17, 15) is 8.78 Å². The number of benzene rings is 2. The molecule has 25 heavy (non-hydrogen) atoms. The quantitative estimate of drug-likeness (QED) is 0.659. The Balaban J connectivity index is 1.64. The molecule has 0 N–H and O–H groups in total. The molecular weight excluding hydrogens is 328 g/mol. The molecule has 130 valence electrons. The van der Waals surface area contributed by atoms with Gasteiger partial charge >= 0.3 is 6.61 Å². The highest BCUT2D eigenvalue weighted by molar-refractivity contribution is 5.30. The number of hydrogen-bond donors (Lipinski definition) is 0. The first-order valence-corrected chi connectivity index (χ1v) is 7.67. The Morgan fingerprint density at radius 2 is 1.76 bits per heavy atom. The van der Waals surface area contributed by atoms with Gasteiger partial charge < -0.3 is 4.74 Å². The van der Waals surface area contributed by atoms with E-state index in [1.165, 1.54) is 12.1 Å². The molecule has 0 saturated heterocycles. The van der Waals surface area contributed by atoms with Crippen molar-refractivity contribution in [2.75, 3.05) is 7.05 Å². The van der Waals surface area contributed by atoms with Gasteiger partial charge in [-0.05, 0) is 47.3 Å². The van der Waals surface area contributed by atoms with E-state index in [1.807, 2.05) is 42.3 Å². The van der Waals surface area contributed by atoms with Crippen LogP contribution >= 0.6 is 0 Å². The molecule has 1 aromatic heterocycles. The SMILES string of the molecule is CN(Cc1ccc(OC(F)F)cc1)Cc1nnnn1-c1ccccc1. The average Bonchev–Trinajstić information content (AvgIpc) is 3.05. The van der Waals surface area contributed by atoms with E-state index in [-0.39, 0.29) is 5.75 Å². The number of rotatable bonds is 7. The molecule has 1 heterocycles. The molecule has 0 aliphatic rings. The number of tetrazole rings is 1. The Labute approximate surface area is 143 Å². The van der Waals surface area contributed by atoms with Crippen molar-refractivity contribution in [3.63, 3.8) is 0 Å². The van der Waals surface area contributed by atoms with E-state index in [2.05, 4.69) is 20.3 Å². The summed E-state index contributed by atoms with van der Waals surface area (Å²) < 4.78 is 30.4. The summed E-state index contributed by atoms with van der Waals surface area (Å²) in [5.74, 6) is 0.862. The highest BCUT2D eigenvalue weighted by Crippen LogP contribution is 2.16. The van der Waals surface area contributed by atoms with Crippen molar-refractivity contribution in [3.8, 4) is 11.4 Å². The number of aromatic nitrogens is 4. The van der Waals surface area contributed by atoms with Crippen LogP contribution in [0.3, 0.4) is 0 Å². The van der Waals surface area contributed by atoms with Crippen LogP contribution in [-0.2, 0) is 13.1 Å². The van der Waals surface area contributed by atoms with Gasteiger partial charge in [0, 0.05) is 6.54 Å². The van der Waals surface area contributed by atoms with Gasteiger partial charge in [-0.15, -0.1) is 5.10 Å². The molecule has 0 amide bonds. The van der Waals surface area contributed by atoms with Crippen molar-refractivity contribution >= 4 is 0 Å². The van der Waals surface area contributed by atoms with Gasteiger partial charge in [0.05, 0.1) is 12.2 Å². The van der Waals surface area contributed by atoms with Crippen molar-refractivity contribution < 1.29 is 13.5 Å². The van der Waals surface area contributed by atoms with Crippen LogP contribution in [0.25, 0.3) is 5.69 Å². The smallest absolute Gasteiger partial charge is 0.387 e. The number of ether oxygens (including phenoxy) is 1. The second-order valence-corrected chi connectivity index (χ2v) is 5.54. The fourth-order valence-electron chi connectivity index (χ4n) is 2.46. The number of alkyl halides is 2. The van der Waals surface area contributed by atoms with Crippen molar-refractivity contribution in [1.82, 2.24) is 25.1 Å². The maximum atomic E-state index is 12.2. The van der Waals surface area contributed by atoms with Crippen LogP contribution in [-0.4, -0.2) is 38.8 Å². The average molecular weight is 345 g/mol. The van der Waals surface area contributed by atoms with Crippen LogP contribution in [0.4, 0.5) is 8.78 Å². The van der Waals surface area contributed by atoms with Crippen molar-refractivity contribution in [3.05, 3.63) is 66.0 Å². The summed E-state index contributed by atoms with van der Waals surface area (Å²) in [7, 11) is 1.94. The molecule has 0 spiro atoms. The van der Waals surface area contributed by atoms with Crippen molar-refractivity contribution in [1.29, 1.82) is 0 Å². The minimum Gasteiger partial charge on any atom is -0.435 e. The molecule has 0 atom stereocenters. The lowest BCUT2D eigenvalue weighted by atomic mass is 10.2. The first kappa shape index (κ1) is 17.0. The molecule has 0 radical (unpaired) electrons. The van der Waals surface area contributed by atoms with Crippen LogP contribution in [0, 0.1) is 0 Å². The molecular formula is C17H17F2N5O. The van der Waals surface area contributed by atoms with Gasteiger partial charge in [-0.3, -0.25) is 4.90 Å². The van der Waals surface area contributed by atoms with E-state index < -0.39 is 6.61 Å².